The van der Waals surface area contributed by atoms with Gasteiger partial charge in [-0.05, 0) is 32.9 Å². The SMILES string of the molecule is CC(C)(C)OC(=O)N[C@H](C[N+](=O)[O-])c1ccco1. The van der Waals surface area contributed by atoms with Gasteiger partial charge in [0.2, 0.25) is 6.54 Å². The monoisotopic (exact) mass is 256 g/mol. The number of carbonyl (C=O) groups excluding carboxylic acids is 1. The minimum atomic E-state index is -0.843. The van der Waals surface area contributed by atoms with Gasteiger partial charge < -0.3 is 14.5 Å². The maximum atomic E-state index is 11.5. The third-order valence-corrected chi connectivity index (χ3v) is 1.91. The van der Waals surface area contributed by atoms with Crippen LogP contribution in [0.25, 0.3) is 0 Å². The highest BCUT2D eigenvalue weighted by atomic mass is 16.6. The molecule has 7 heteroatoms. The number of nitro groups is 1. The van der Waals surface area contributed by atoms with Gasteiger partial charge in [-0.25, -0.2) is 4.79 Å². The quantitative estimate of drug-likeness (QED) is 0.657. The maximum Gasteiger partial charge on any atom is 0.408 e. The first-order chi connectivity index (χ1) is 8.28. The number of alkyl carbamates (subject to hydrolysis) is 1. The Morgan fingerprint density at radius 1 is 1.61 bits per heavy atom. The fraction of sp³-hybridized carbons (Fsp3) is 0.545. The summed E-state index contributed by atoms with van der Waals surface area (Å²) in [6.07, 6.45) is 0.671. The average molecular weight is 256 g/mol. The molecule has 0 saturated carbocycles. The Labute approximate surface area is 104 Å². The van der Waals surface area contributed by atoms with Gasteiger partial charge in [-0.15, -0.1) is 0 Å². The van der Waals surface area contributed by atoms with Crippen LogP contribution in [-0.4, -0.2) is 23.2 Å². The Morgan fingerprint density at radius 2 is 2.28 bits per heavy atom. The van der Waals surface area contributed by atoms with E-state index < -0.39 is 29.2 Å². The Hall–Kier alpha value is -2.05. The zero-order valence-corrected chi connectivity index (χ0v) is 10.5. The van der Waals surface area contributed by atoms with Crippen molar-refractivity contribution in [3.8, 4) is 0 Å². The summed E-state index contributed by atoms with van der Waals surface area (Å²) in [6.45, 7) is 4.67. The molecule has 0 aliphatic carbocycles. The molecular weight excluding hydrogens is 240 g/mol. The smallest absolute Gasteiger partial charge is 0.408 e. The number of carbonyl (C=O) groups is 1. The number of nitrogens with one attached hydrogen (secondary N) is 1. The molecule has 0 aromatic carbocycles. The Morgan fingerprint density at radius 3 is 2.72 bits per heavy atom. The average Bonchev–Trinajstić information content (AvgIpc) is 2.64. The largest absolute Gasteiger partial charge is 0.467 e. The van der Waals surface area contributed by atoms with E-state index in [2.05, 4.69) is 5.32 Å². The second kappa shape index (κ2) is 5.52. The van der Waals surface area contributed by atoms with Crippen LogP contribution in [0.3, 0.4) is 0 Å². The molecule has 18 heavy (non-hydrogen) atoms. The van der Waals surface area contributed by atoms with Gasteiger partial charge in [0.05, 0.1) is 6.26 Å². The summed E-state index contributed by atoms with van der Waals surface area (Å²) in [5.74, 6) is 0.317. The van der Waals surface area contributed by atoms with Crippen molar-refractivity contribution in [2.24, 2.45) is 0 Å². The van der Waals surface area contributed by atoms with Crippen molar-refractivity contribution >= 4 is 6.09 Å². The summed E-state index contributed by atoms with van der Waals surface area (Å²) in [5.41, 5.74) is -0.660. The first-order valence-corrected chi connectivity index (χ1v) is 5.42. The van der Waals surface area contributed by atoms with E-state index in [0.717, 1.165) is 0 Å². The molecule has 1 aromatic heterocycles. The lowest BCUT2D eigenvalue weighted by atomic mass is 10.2. The highest BCUT2D eigenvalue weighted by Crippen LogP contribution is 2.15. The summed E-state index contributed by atoms with van der Waals surface area (Å²) in [7, 11) is 0. The van der Waals surface area contributed by atoms with Gasteiger partial charge >= 0.3 is 6.09 Å². The molecule has 1 atom stereocenters. The number of rotatable bonds is 4. The van der Waals surface area contributed by atoms with Crippen molar-refractivity contribution in [3.63, 3.8) is 0 Å². The minimum absolute atomic E-state index is 0.317. The van der Waals surface area contributed by atoms with Gasteiger partial charge in [-0.3, -0.25) is 10.1 Å². The molecule has 1 heterocycles. The van der Waals surface area contributed by atoms with E-state index in [1.165, 1.54) is 6.26 Å². The highest BCUT2D eigenvalue weighted by molar-refractivity contribution is 5.68. The molecule has 1 rings (SSSR count). The van der Waals surface area contributed by atoms with Gasteiger partial charge in [0.25, 0.3) is 0 Å². The molecule has 1 amide bonds. The molecule has 0 bridgehead atoms. The molecule has 100 valence electrons. The summed E-state index contributed by atoms with van der Waals surface area (Å²) >= 11 is 0. The van der Waals surface area contributed by atoms with E-state index in [0.29, 0.717) is 5.76 Å². The second-order valence-corrected chi connectivity index (χ2v) is 4.73. The molecule has 0 spiro atoms. The van der Waals surface area contributed by atoms with Gasteiger partial charge in [0.15, 0.2) is 6.04 Å². The van der Waals surface area contributed by atoms with E-state index in [4.69, 9.17) is 9.15 Å². The van der Waals surface area contributed by atoms with Crippen LogP contribution in [0.1, 0.15) is 32.6 Å². The summed E-state index contributed by atoms with van der Waals surface area (Å²) in [4.78, 5) is 21.6. The normalized spacial score (nSPS) is 12.8. The number of ether oxygens (including phenoxy) is 1. The number of hydrogen-bond donors (Lipinski definition) is 1. The van der Waals surface area contributed by atoms with Crippen LogP contribution in [0, 0.1) is 10.1 Å². The van der Waals surface area contributed by atoms with Crippen LogP contribution in [0.4, 0.5) is 4.79 Å². The maximum absolute atomic E-state index is 11.5. The lowest BCUT2D eigenvalue weighted by Crippen LogP contribution is -2.37. The van der Waals surface area contributed by atoms with E-state index in [-0.39, 0.29) is 0 Å². The van der Waals surface area contributed by atoms with E-state index in [9.17, 15) is 14.9 Å². The summed E-state index contributed by atoms with van der Waals surface area (Å²) in [6, 6.07) is 2.31. The van der Waals surface area contributed by atoms with Crippen molar-refractivity contribution in [1.29, 1.82) is 0 Å². The highest BCUT2D eigenvalue weighted by Gasteiger charge is 2.25. The zero-order chi connectivity index (χ0) is 13.8. The van der Waals surface area contributed by atoms with Gasteiger partial charge in [0, 0.05) is 4.92 Å². The van der Waals surface area contributed by atoms with Gasteiger partial charge in [0.1, 0.15) is 11.4 Å². The first-order valence-electron chi connectivity index (χ1n) is 5.42. The van der Waals surface area contributed by atoms with Crippen molar-refractivity contribution in [2.45, 2.75) is 32.4 Å². The Bertz CT molecular complexity index is 408. The molecule has 0 fully saturated rings. The number of nitrogens with zero attached hydrogens (tertiary/aromatic N) is 1. The molecule has 0 saturated heterocycles. The van der Waals surface area contributed by atoms with Gasteiger partial charge in [-0.1, -0.05) is 0 Å². The molecule has 1 N–H and O–H groups in total. The third kappa shape index (κ3) is 4.86. The first kappa shape index (κ1) is 14.0. The fourth-order valence-corrected chi connectivity index (χ4v) is 1.30. The minimum Gasteiger partial charge on any atom is -0.467 e. The van der Waals surface area contributed by atoms with E-state index >= 15 is 0 Å². The number of amides is 1. The van der Waals surface area contributed by atoms with Crippen LogP contribution in [-0.2, 0) is 4.74 Å². The molecule has 1 aromatic rings. The number of furan rings is 1. The Kier molecular flexibility index (Phi) is 4.30. The molecule has 0 aliphatic rings. The molecule has 0 unspecified atom stereocenters. The van der Waals surface area contributed by atoms with Crippen LogP contribution >= 0.6 is 0 Å². The molecule has 0 aliphatic heterocycles. The van der Waals surface area contributed by atoms with E-state index in [1.54, 1.807) is 32.9 Å². The number of hydrogen-bond acceptors (Lipinski definition) is 5. The van der Waals surface area contributed by atoms with Crippen molar-refractivity contribution in [3.05, 3.63) is 34.3 Å². The van der Waals surface area contributed by atoms with Crippen LogP contribution in [0.2, 0.25) is 0 Å². The Balaban J connectivity index is 2.68. The van der Waals surface area contributed by atoms with Crippen LogP contribution in [0.15, 0.2) is 22.8 Å². The standard InChI is InChI=1S/C11H16N2O5/c1-11(2,3)18-10(14)12-8(7-13(15)16)9-5-4-6-17-9/h4-6,8H,7H2,1-3H3,(H,12,14)/t8-/m1/s1. The predicted molar refractivity (Wildman–Crippen MR) is 62.7 cm³/mol. The fourth-order valence-electron chi connectivity index (χ4n) is 1.30. The summed E-state index contributed by atoms with van der Waals surface area (Å²) < 4.78 is 10.1. The topological polar surface area (TPSA) is 94.6 Å². The predicted octanol–water partition coefficient (Wildman–Crippen LogP) is 2.12. The molecular formula is C11H16N2O5. The second-order valence-electron chi connectivity index (χ2n) is 4.73. The van der Waals surface area contributed by atoms with Crippen LogP contribution in [0.5, 0.6) is 0 Å². The van der Waals surface area contributed by atoms with Crippen molar-refractivity contribution in [2.75, 3.05) is 6.54 Å². The lowest BCUT2D eigenvalue weighted by molar-refractivity contribution is -0.484. The molecule has 7 nitrogen and oxygen atoms in total. The van der Waals surface area contributed by atoms with Gasteiger partial charge in [-0.2, -0.15) is 0 Å². The lowest BCUT2D eigenvalue weighted by Gasteiger charge is -2.21. The third-order valence-electron chi connectivity index (χ3n) is 1.91. The van der Waals surface area contributed by atoms with Crippen molar-refractivity contribution in [1.82, 2.24) is 5.32 Å². The van der Waals surface area contributed by atoms with Crippen LogP contribution < -0.4 is 5.32 Å². The van der Waals surface area contributed by atoms with Crippen molar-refractivity contribution < 1.29 is 18.9 Å². The summed E-state index contributed by atoms with van der Waals surface area (Å²) in [5, 5.41) is 13.0. The van der Waals surface area contributed by atoms with E-state index in [1.807, 2.05) is 0 Å². The molecule has 0 radical (unpaired) electrons. The zero-order valence-electron chi connectivity index (χ0n) is 10.5.